The van der Waals surface area contributed by atoms with Crippen LogP contribution in [0.1, 0.15) is 34.0 Å². The fraction of sp³-hybridized carbons (Fsp3) is 0.474. The third kappa shape index (κ3) is 4.04. The lowest BCUT2D eigenvalue weighted by molar-refractivity contribution is -0.138. The van der Waals surface area contributed by atoms with Crippen molar-refractivity contribution in [3.05, 3.63) is 40.9 Å². The third-order valence-corrected chi connectivity index (χ3v) is 6.71. The molecule has 0 spiro atoms. The quantitative estimate of drug-likeness (QED) is 0.620. The summed E-state index contributed by atoms with van der Waals surface area (Å²) in [5, 5.41) is 17.0. The molecule has 2 aliphatic rings. The molecule has 32 heavy (non-hydrogen) atoms. The van der Waals surface area contributed by atoms with Crippen LogP contribution >= 0.6 is 11.3 Å². The van der Waals surface area contributed by atoms with E-state index in [1.54, 1.807) is 24.0 Å². The number of fused-ring (bicyclic) bond motifs is 1. The molecular weight excluding hydrogens is 445 g/mol. The number of halogens is 3. The predicted molar refractivity (Wildman–Crippen MR) is 108 cm³/mol. The summed E-state index contributed by atoms with van der Waals surface area (Å²) in [5.41, 5.74) is 1.42. The molecule has 3 atom stereocenters. The lowest BCUT2D eigenvalue weighted by Crippen LogP contribution is -2.48. The van der Waals surface area contributed by atoms with Crippen molar-refractivity contribution in [2.45, 2.75) is 32.0 Å². The van der Waals surface area contributed by atoms with Crippen molar-refractivity contribution in [2.75, 3.05) is 18.4 Å². The highest BCUT2D eigenvalue weighted by molar-refractivity contribution is 7.15. The Morgan fingerprint density at radius 1 is 1.19 bits per heavy atom. The van der Waals surface area contributed by atoms with Crippen LogP contribution < -0.4 is 5.32 Å². The summed E-state index contributed by atoms with van der Waals surface area (Å²) in [4.78, 5) is 21.2. The number of nitrogens with one attached hydrogen (secondary N) is 1. The van der Waals surface area contributed by atoms with E-state index in [2.05, 4.69) is 30.7 Å². The Balaban J connectivity index is 1.38. The number of amides is 1. The molecule has 5 rings (SSSR count). The molecule has 0 bridgehead atoms. The molecule has 2 fully saturated rings. The summed E-state index contributed by atoms with van der Waals surface area (Å²) in [5.74, 6) is 0.736. The maximum absolute atomic E-state index is 13.6. The van der Waals surface area contributed by atoms with Crippen molar-refractivity contribution < 1.29 is 18.0 Å². The van der Waals surface area contributed by atoms with Gasteiger partial charge in [0, 0.05) is 24.8 Å². The number of carbonyl (C=O) groups is 1. The van der Waals surface area contributed by atoms with Gasteiger partial charge in [0.15, 0.2) is 5.69 Å². The molecule has 4 heterocycles. The van der Waals surface area contributed by atoms with Crippen molar-refractivity contribution in [3.63, 3.8) is 0 Å². The summed E-state index contributed by atoms with van der Waals surface area (Å²) < 4.78 is 38.4. The summed E-state index contributed by atoms with van der Waals surface area (Å²) in [7, 11) is 0. The second-order valence-electron chi connectivity index (χ2n) is 8.03. The topological polar surface area (TPSA) is 102 Å². The van der Waals surface area contributed by atoms with Crippen molar-refractivity contribution in [1.29, 1.82) is 0 Å². The van der Waals surface area contributed by atoms with E-state index < -0.39 is 11.2 Å². The van der Waals surface area contributed by atoms with E-state index in [9.17, 15) is 18.0 Å². The first kappa shape index (κ1) is 20.8. The van der Waals surface area contributed by atoms with Gasteiger partial charge in [-0.2, -0.15) is 23.4 Å². The van der Waals surface area contributed by atoms with Crippen LogP contribution in [0.2, 0.25) is 0 Å². The largest absolute Gasteiger partial charge is 0.445 e. The lowest BCUT2D eigenvalue weighted by atomic mass is 10.0. The van der Waals surface area contributed by atoms with Crippen molar-refractivity contribution >= 4 is 22.4 Å². The van der Waals surface area contributed by atoms with Crippen LogP contribution in [0.4, 0.5) is 18.3 Å². The molecule has 168 valence electrons. The van der Waals surface area contributed by atoms with Crippen LogP contribution in [0.3, 0.4) is 0 Å². The smallest absolute Gasteiger partial charge is 0.358 e. The fourth-order valence-electron chi connectivity index (χ4n) is 4.10. The van der Waals surface area contributed by atoms with Crippen LogP contribution in [0.5, 0.6) is 0 Å². The second kappa shape index (κ2) is 7.80. The van der Waals surface area contributed by atoms with E-state index in [1.807, 2.05) is 0 Å². The Hall–Kier alpha value is -3.09. The first-order chi connectivity index (χ1) is 15.3. The van der Waals surface area contributed by atoms with Gasteiger partial charge < -0.3 is 10.2 Å². The molecule has 1 aliphatic heterocycles. The molecule has 1 saturated carbocycles. The van der Waals surface area contributed by atoms with Crippen LogP contribution in [0, 0.1) is 18.8 Å². The highest BCUT2D eigenvalue weighted by Crippen LogP contribution is 2.47. The van der Waals surface area contributed by atoms with Gasteiger partial charge in [-0.25, -0.2) is 4.98 Å². The number of pyridine rings is 1. The summed E-state index contributed by atoms with van der Waals surface area (Å²) in [6.07, 6.45) is 0.336. The number of carbonyl (C=O) groups excluding carboxylic acids is 1. The average molecular weight is 464 g/mol. The van der Waals surface area contributed by atoms with E-state index >= 15 is 0 Å². The number of anilines is 1. The Bertz CT molecular complexity index is 1130. The number of hydrogen-bond acceptors (Lipinski definition) is 8. The zero-order valence-electron chi connectivity index (χ0n) is 17.0. The van der Waals surface area contributed by atoms with Gasteiger partial charge in [-0.05, 0) is 43.7 Å². The summed E-state index contributed by atoms with van der Waals surface area (Å²) >= 11 is 0.454. The molecule has 9 nitrogen and oxygen atoms in total. The molecule has 1 amide bonds. The second-order valence-corrected chi connectivity index (χ2v) is 9.01. The first-order valence-electron chi connectivity index (χ1n) is 10.1. The van der Waals surface area contributed by atoms with Crippen LogP contribution in [0.15, 0.2) is 24.5 Å². The van der Waals surface area contributed by atoms with Crippen molar-refractivity contribution in [1.82, 2.24) is 35.1 Å². The van der Waals surface area contributed by atoms with Gasteiger partial charge in [0.25, 0.3) is 5.91 Å². The minimum absolute atomic E-state index is 0.0813. The molecule has 1 aliphatic carbocycles. The number of likely N-dealkylation sites (tertiary alicyclic amines) is 1. The summed E-state index contributed by atoms with van der Waals surface area (Å²) in [6.45, 7) is 2.67. The zero-order valence-corrected chi connectivity index (χ0v) is 17.8. The Morgan fingerprint density at radius 2 is 1.97 bits per heavy atom. The third-order valence-electron chi connectivity index (χ3n) is 5.78. The highest BCUT2D eigenvalue weighted by atomic mass is 32.1. The molecular formula is C19H19F3N8OS. The SMILES string of the molecule is Cc1ccc(-n2nccn2)c(C(=O)N2C[C@@H]3C[C@@H]3C[C@H]2CNc2nnc(C(F)(F)F)s2)n1. The van der Waals surface area contributed by atoms with Gasteiger partial charge >= 0.3 is 6.18 Å². The number of rotatable bonds is 5. The standard InChI is InChI=1S/C19H19F3N8OS/c1-10-2-3-14(30-24-4-5-25-30)15(26-10)16(31)29-9-12-6-11(12)7-13(29)8-23-18-28-27-17(32-18)19(20,21)22/h2-5,11-13H,6-9H2,1H3,(H,23,28)/t11-,12+,13+/m1/s1. The Morgan fingerprint density at radius 3 is 2.69 bits per heavy atom. The molecule has 13 heteroatoms. The molecule has 1 N–H and O–H groups in total. The minimum atomic E-state index is -4.53. The van der Waals surface area contributed by atoms with Crippen molar-refractivity contribution in [2.24, 2.45) is 11.8 Å². The van der Waals surface area contributed by atoms with Gasteiger partial charge in [-0.1, -0.05) is 11.3 Å². The Labute approximate surface area is 184 Å². The van der Waals surface area contributed by atoms with Gasteiger partial charge in [-0.3, -0.25) is 4.79 Å². The minimum Gasteiger partial charge on any atom is -0.358 e. The number of nitrogens with zero attached hydrogens (tertiary/aromatic N) is 7. The number of hydrogen-bond donors (Lipinski definition) is 1. The van der Waals surface area contributed by atoms with Gasteiger partial charge in [0.1, 0.15) is 5.69 Å². The van der Waals surface area contributed by atoms with Crippen LogP contribution in [-0.2, 0) is 6.18 Å². The van der Waals surface area contributed by atoms with E-state index in [4.69, 9.17) is 0 Å². The fourth-order valence-corrected chi connectivity index (χ4v) is 4.72. The normalized spacial score (nSPS) is 22.5. The number of aromatic nitrogens is 6. The molecule has 1 saturated heterocycles. The Kier molecular flexibility index (Phi) is 5.07. The van der Waals surface area contributed by atoms with Gasteiger partial charge in [0.2, 0.25) is 10.1 Å². The van der Waals surface area contributed by atoms with Crippen molar-refractivity contribution in [3.8, 4) is 5.69 Å². The average Bonchev–Trinajstić information content (AvgIpc) is 3.13. The monoisotopic (exact) mass is 464 g/mol. The number of aryl methyl sites for hydroxylation is 1. The lowest BCUT2D eigenvalue weighted by Gasteiger charge is -2.35. The predicted octanol–water partition coefficient (Wildman–Crippen LogP) is 2.80. The first-order valence-corrected chi connectivity index (χ1v) is 10.9. The van der Waals surface area contributed by atoms with Gasteiger partial charge in [0.05, 0.1) is 12.4 Å². The van der Waals surface area contributed by atoms with E-state index in [-0.39, 0.29) is 29.3 Å². The molecule has 3 aromatic rings. The maximum atomic E-state index is 13.6. The summed E-state index contributed by atoms with van der Waals surface area (Å²) in [6, 6.07) is 3.34. The van der Waals surface area contributed by atoms with Gasteiger partial charge in [-0.15, -0.1) is 15.0 Å². The van der Waals surface area contributed by atoms with Crippen LogP contribution in [0.25, 0.3) is 5.69 Å². The molecule has 0 radical (unpaired) electrons. The molecule has 0 aromatic carbocycles. The van der Waals surface area contributed by atoms with E-state index in [1.165, 1.54) is 17.2 Å². The number of piperidine rings is 1. The molecule has 3 aromatic heterocycles. The highest BCUT2D eigenvalue weighted by Gasteiger charge is 2.47. The molecule has 0 unspecified atom stereocenters. The van der Waals surface area contributed by atoms with E-state index in [0.29, 0.717) is 41.1 Å². The maximum Gasteiger partial charge on any atom is 0.445 e. The zero-order chi connectivity index (χ0) is 22.5. The van der Waals surface area contributed by atoms with E-state index in [0.717, 1.165) is 12.8 Å². The number of alkyl halides is 3. The van der Waals surface area contributed by atoms with Crippen LogP contribution in [-0.4, -0.2) is 60.1 Å².